The Labute approximate surface area is 109 Å². The van der Waals surface area contributed by atoms with Crippen LogP contribution in [0, 0.1) is 6.92 Å². The quantitative estimate of drug-likeness (QED) is 0.937. The summed E-state index contributed by atoms with van der Waals surface area (Å²) < 4.78 is 6.52. The van der Waals surface area contributed by atoms with Crippen LogP contribution in [0.5, 0.6) is 0 Å². The zero-order chi connectivity index (χ0) is 12.3. The van der Waals surface area contributed by atoms with Gasteiger partial charge in [-0.1, -0.05) is 28.9 Å². The van der Waals surface area contributed by atoms with Gasteiger partial charge in [-0.15, -0.1) is 0 Å². The first-order valence-electron chi connectivity index (χ1n) is 5.62. The summed E-state index contributed by atoms with van der Waals surface area (Å²) in [7, 11) is 0. The average molecular weight is 295 g/mol. The molecule has 90 valence electrons. The second kappa shape index (κ2) is 5.47. The Morgan fingerprint density at radius 2 is 2.24 bits per heavy atom. The van der Waals surface area contributed by atoms with Crippen LogP contribution >= 0.6 is 15.9 Å². The van der Waals surface area contributed by atoms with Crippen molar-refractivity contribution < 1.29 is 4.42 Å². The molecule has 4 heteroatoms. The second-order valence-corrected chi connectivity index (χ2v) is 4.75. The zero-order valence-corrected chi connectivity index (χ0v) is 11.5. The van der Waals surface area contributed by atoms with E-state index >= 15 is 0 Å². The van der Waals surface area contributed by atoms with Crippen LogP contribution in [0.1, 0.15) is 18.2 Å². The maximum Gasteiger partial charge on any atom is 0.181 e. The maximum atomic E-state index is 5.49. The van der Waals surface area contributed by atoms with E-state index < -0.39 is 0 Å². The van der Waals surface area contributed by atoms with Crippen molar-refractivity contribution in [3.63, 3.8) is 0 Å². The summed E-state index contributed by atoms with van der Waals surface area (Å²) in [5, 5.41) is 3.25. The van der Waals surface area contributed by atoms with Gasteiger partial charge in [-0.2, -0.15) is 0 Å². The van der Waals surface area contributed by atoms with Crippen molar-refractivity contribution in [2.45, 2.75) is 20.4 Å². The van der Waals surface area contributed by atoms with Gasteiger partial charge in [-0.05, 0) is 31.2 Å². The van der Waals surface area contributed by atoms with Crippen LogP contribution in [0.3, 0.4) is 0 Å². The van der Waals surface area contributed by atoms with E-state index in [0.29, 0.717) is 0 Å². The third-order valence-electron chi connectivity index (χ3n) is 2.55. The highest BCUT2D eigenvalue weighted by molar-refractivity contribution is 9.10. The van der Waals surface area contributed by atoms with Gasteiger partial charge in [0.1, 0.15) is 5.69 Å². The van der Waals surface area contributed by atoms with Gasteiger partial charge in [0.25, 0.3) is 0 Å². The van der Waals surface area contributed by atoms with E-state index in [1.165, 1.54) is 12.0 Å². The van der Waals surface area contributed by atoms with Gasteiger partial charge in [0.2, 0.25) is 0 Å². The summed E-state index contributed by atoms with van der Waals surface area (Å²) in [6, 6.07) is 6.20. The van der Waals surface area contributed by atoms with E-state index in [1.54, 1.807) is 0 Å². The molecule has 0 saturated carbocycles. The van der Waals surface area contributed by atoms with E-state index in [1.807, 2.05) is 0 Å². The minimum absolute atomic E-state index is 0.725. The Bertz CT molecular complexity index is 508. The summed E-state index contributed by atoms with van der Waals surface area (Å²) in [5.74, 6) is 0.831. The van der Waals surface area contributed by atoms with Crippen LogP contribution < -0.4 is 5.32 Å². The molecule has 1 N–H and O–H groups in total. The Morgan fingerprint density at radius 1 is 1.41 bits per heavy atom. The van der Waals surface area contributed by atoms with E-state index in [9.17, 15) is 0 Å². The molecule has 1 heterocycles. The smallest absolute Gasteiger partial charge is 0.181 e. The number of rotatable bonds is 4. The van der Waals surface area contributed by atoms with Crippen molar-refractivity contribution in [2.24, 2.45) is 0 Å². The fraction of sp³-hybridized carbons (Fsp3) is 0.308. The number of hydrogen-bond donors (Lipinski definition) is 1. The van der Waals surface area contributed by atoms with E-state index in [2.05, 4.69) is 58.3 Å². The number of hydrogen-bond acceptors (Lipinski definition) is 3. The number of oxazole rings is 1. The lowest BCUT2D eigenvalue weighted by Crippen LogP contribution is -2.12. The molecule has 0 bridgehead atoms. The minimum atomic E-state index is 0.725. The van der Waals surface area contributed by atoms with E-state index in [4.69, 9.17) is 4.42 Å². The van der Waals surface area contributed by atoms with Crippen molar-refractivity contribution in [3.8, 4) is 11.3 Å². The molecule has 3 nitrogen and oxygen atoms in total. The number of nitrogens with one attached hydrogen (secondary N) is 1. The Kier molecular flexibility index (Phi) is 3.97. The van der Waals surface area contributed by atoms with Crippen molar-refractivity contribution in [3.05, 3.63) is 40.3 Å². The molecule has 0 unspecified atom stereocenters. The highest BCUT2D eigenvalue weighted by Crippen LogP contribution is 2.31. The van der Waals surface area contributed by atoms with Crippen molar-refractivity contribution in [1.82, 2.24) is 10.3 Å². The number of nitrogens with zero attached hydrogens (tertiary/aromatic N) is 1. The summed E-state index contributed by atoms with van der Waals surface area (Å²) >= 11 is 3.56. The monoisotopic (exact) mass is 294 g/mol. The zero-order valence-electron chi connectivity index (χ0n) is 9.96. The predicted molar refractivity (Wildman–Crippen MR) is 71.8 cm³/mol. The normalized spacial score (nSPS) is 10.8. The average Bonchev–Trinajstić information content (AvgIpc) is 2.74. The van der Waals surface area contributed by atoms with E-state index in [-0.39, 0.29) is 0 Å². The molecule has 0 atom stereocenters. The van der Waals surface area contributed by atoms with Crippen LogP contribution in [-0.4, -0.2) is 11.5 Å². The topological polar surface area (TPSA) is 38.1 Å². The van der Waals surface area contributed by atoms with Crippen LogP contribution in [0.15, 0.2) is 33.5 Å². The third kappa shape index (κ3) is 2.76. The third-order valence-corrected chi connectivity index (χ3v) is 3.21. The summed E-state index contributed by atoms with van der Waals surface area (Å²) in [5.41, 5.74) is 3.20. The number of aryl methyl sites for hydroxylation is 1. The Balaban J connectivity index is 2.35. The van der Waals surface area contributed by atoms with Gasteiger partial charge in [0, 0.05) is 16.6 Å². The molecule has 2 rings (SSSR count). The van der Waals surface area contributed by atoms with Gasteiger partial charge in [-0.25, -0.2) is 4.98 Å². The standard InChI is InChI=1S/C13H15BrN2O/c1-3-15-7-12-13(17-8-16-12)10-5-4-9(2)6-11(10)14/h4-6,8,15H,3,7H2,1-2H3. The maximum absolute atomic E-state index is 5.49. The van der Waals surface area contributed by atoms with E-state index in [0.717, 1.165) is 34.6 Å². The summed E-state index contributed by atoms with van der Waals surface area (Å²) in [4.78, 5) is 4.24. The van der Waals surface area contributed by atoms with Crippen LogP contribution in [0.25, 0.3) is 11.3 Å². The molecule has 0 radical (unpaired) electrons. The molecule has 0 aliphatic rings. The van der Waals surface area contributed by atoms with Crippen LogP contribution in [0.2, 0.25) is 0 Å². The molecule has 0 saturated heterocycles. The van der Waals surface area contributed by atoms with Gasteiger partial charge in [-0.3, -0.25) is 0 Å². The SMILES string of the molecule is CCNCc1ncoc1-c1ccc(C)cc1Br. The molecule has 2 aromatic rings. The molecule has 17 heavy (non-hydrogen) atoms. The summed E-state index contributed by atoms with van der Waals surface area (Å²) in [6.45, 7) is 5.78. The lowest BCUT2D eigenvalue weighted by Gasteiger charge is -2.05. The van der Waals surface area contributed by atoms with Crippen molar-refractivity contribution in [2.75, 3.05) is 6.54 Å². The Morgan fingerprint density at radius 3 is 2.94 bits per heavy atom. The Hall–Kier alpha value is -1.13. The highest BCUT2D eigenvalue weighted by atomic mass is 79.9. The molecule has 1 aromatic heterocycles. The molecule has 0 amide bonds. The largest absolute Gasteiger partial charge is 0.443 e. The van der Waals surface area contributed by atoms with Crippen LogP contribution in [-0.2, 0) is 6.54 Å². The lowest BCUT2D eigenvalue weighted by molar-refractivity contribution is 0.569. The highest BCUT2D eigenvalue weighted by Gasteiger charge is 2.13. The molecular weight excluding hydrogens is 280 g/mol. The number of benzene rings is 1. The fourth-order valence-electron chi connectivity index (χ4n) is 1.66. The molecule has 0 aliphatic heterocycles. The number of halogens is 1. The lowest BCUT2D eigenvalue weighted by atomic mass is 10.1. The van der Waals surface area contributed by atoms with Gasteiger partial charge in [0.05, 0.1) is 0 Å². The first-order chi connectivity index (χ1) is 8.22. The molecular formula is C13H15BrN2O. The molecule has 0 fully saturated rings. The van der Waals surface area contributed by atoms with Crippen LogP contribution in [0.4, 0.5) is 0 Å². The van der Waals surface area contributed by atoms with Gasteiger partial charge in [0.15, 0.2) is 12.2 Å². The van der Waals surface area contributed by atoms with Gasteiger partial charge >= 0.3 is 0 Å². The summed E-state index contributed by atoms with van der Waals surface area (Å²) in [6.07, 6.45) is 1.49. The van der Waals surface area contributed by atoms with Gasteiger partial charge < -0.3 is 9.73 Å². The predicted octanol–water partition coefficient (Wildman–Crippen LogP) is 3.52. The molecule has 0 spiro atoms. The fourth-order valence-corrected chi connectivity index (χ4v) is 2.34. The minimum Gasteiger partial charge on any atom is -0.443 e. The van der Waals surface area contributed by atoms with Crippen molar-refractivity contribution >= 4 is 15.9 Å². The first kappa shape index (κ1) is 12.3. The first-order valence-corrected chi connectivity index (χ1v) is 6.41. The number of aromatic nitrogens is 1. The molecule has 1 aromatic carbocycles. The second-order valence-electron chi connectivity index (χ2n) is 3.89. The molecule has 0 aliphatic carbocycles. The van der Waals surface area contributed by atoms with Crippen molar-refractivity contribution in [1.29, 1.82) is 0 Å².